The lowest BCUT2D eigenvalue weighted by molar-refractivity contribution is -0.118. The van der Waals surface area contributed by atoms with Crippen molar-refractivity contribution in [3.05, 3.63) is 16.5 Å². The summed E-state index contributed by atoms with van der Waals surface area (Å²) in [6.45, 7) is 0. The molecule has 0 radical (unpaired) electrons. The van der Waals surface area contributed by atoms with Gasteiger partial charge in [-0.2, -0.15) is 0 Å². The number of carbonyl (C=O) groups excluding carboxylic acids is 1. The van der Waals surface area contributed by atoms with E-state index in [4.69, 9.17) is 28.9 Å². The van der Waals surface area contributed by atoms with Gasteiger partial charge in [0.15, 0.2) is 0 Å². The van der Waals surface area contributed by atoms with E-state index in [0.29, 0.717) is 5.82 Å². The second-order valence-electron chi connectivity index (χ2n) is 4.29. The number of hydrogen-bond donors (Lipinski definition) is 2. The Bertz CT molecular complexity index is 428. The summed E-state index contributed by atoms with van der Waals surface area (Å²) >= 11 is 11.3. The summed E-state index contributed by atoms with van der Waals surface area (Å²) in [6.07, 6.45) is 3.12. The van der Waals surface area contributed by atoms with Crippen molar-refractivity contribution in [1.82, 2.24) is 9.97 Å². The molecule has 92 valence electrons. The molecule has 0 atom stereocenters. The molecule has 0 saturated heterocycles. The number of nitrogens with zero attached hydrogens (tertiary/aromatic N) is 2. The van der Waals surface area contributed by atoms with Crippen molar-refractivity contribution in [3.8, 4) is 0 Å². The van der Waals surface area contributed by atoms with Gasteiger partial charge in [-0.25, -0.2) is 9.97 Å². The van der Waals surface area contributed by atoms with Gasteiger partial charge in [-0.3, -0.25) is 4.79 Å². The molecule has 0 bridgehead atoms. The summed E-state index contributed by atoms with van der Waals surface area (Å²) < 4.78 is 0. The maximum Gasteiger partial charge on any atom is 0.227 e. The summed E-state index contributed by atoms with van der Waals surface area (Å²) in [4.78, 5) is 19.2. The van der Waals surface area contributed by atoms with E-state index < -0.39 is 0 Å². The normalized spacial score (nSPS) is 17.4. The minimum Gasteiger partial charge on any atom is -0.325 e. The quantitative estimate of drug-likeness (QED) is 0.653. The Labute approximate surface area is 109 Å². The van der Waals surface area contributed by atoms with Crippen LogP contribution >= 0.6 is 23.2 Å². The first-order valence-electron chi connectivity index (χ1n) is 5.26. The van der Waals surface area contributed by atoms with E-state index in [-0.39, 0.29) is 28.3 Å². The highest BCUT2D eigenvalue weighted by Crippen LogP contribution is 2.32. The van der Waals surface area contributed by atoms with Crippen molar-refractivity contribution in [2.75, 3.05) is 5.32 Å². The predicted octanol–water partition coefficient (Wildman–Crippen LogP) is 1.99. The van der Waals surface area contributed by atoms with Crippen LogP contribution in [0.15, 0.2) is 6.07 Å². The van der Waals surface area contributed by atoms with E-state index >= 15 is 0 Å². The Kier molecular flexibility index (Phi) is 3.51. The van der Waals surface area contributed by atoms with Crippen LogP contribution in [0.2, 0.25) is 10.4 Å². The van der Waals surface area contributed by atoms with E-state index in [2.05, 4.69) is 15.3 Å². The zero-order chi connectivity index (χ0) is 12.5. The Morgan fingerprint density at radius 3 is 2.71 bits per heavy atom. The van der Waals surface area contributed by atoms with Crippen molar-refractivity contribution >= 4 is 34.9 Å². The topological polar surface area (TPSA) is 80.9 Å². The molecule has 7 heteroatoms. The molecular weight excluding hydrogens is 263 g/mol. The number of hydrogen-bond acceptors (Lipinski definition) is 4. The van der Waals surface area contributed by atoms with Crippen molar-refractivity contribution in [1.29, 1.82) is 0 Å². The number of halogens is 2. The fourth-order valence-electron chi connectivity index (χ4n) is 1.77. The van der Waals surface area contributed by atoms with Gasteiger partial charge in [-0.1, -0.05) is 11.6 Å². The number of amides is 1. The molecule has 0 aliphatic heterocycles. The first-order valence-corrected chi connectivity index (χ1v) is 6.01. The summed E-state index contributed by atoms with van der Waals surface area (Å²) in [5.74, 6) is 0.112. The lowest BCUT2D eigenvalue weighted by Crippen LogP contribution is -2.48. The Morgan fingerprint density at radius 1 is 1.47 bits per heavy atom. The highest BCUT2D eigenvalue weighted by molar-refractivity contribution is 6.32. The molecular formula is C10H12Cl2N4O. The SMILES string of the molecule is NC1(CC(=O)Nc2cc(Cl)nc(Cl)n2)CCC1. The lowest BCUT2D eigenvalue weighted by Gasteiger charge is -2.37. The second-order valence-corrected chi connectivity index (χ2v) is 5.01. The molecule has 5 nitrogen and oxygen atoms in total. The Hall–Kier alpha value is -0.910. The number of rotatable bonds is 3. The molecule has 1 aliphatic rings. The number of nitrogens with one attached hydrogen (secondary N) is 1. The third-order valence-electron chi connectivity index (χ3n) is 2.80. The Morgan fingerprint density at radius 2 is 2.18 bits per heavy atom. The lowest BCUT2D eigenvalue weighted by atomic mass is 9.75. The van der Waals surface area contributed by atoms with Gasteiger partial charge in [0.1, 0.15) is 11.0 Å². The monoisotopic (exact) mass is 274 g/mol. The van der Waals surface area contributed by atoms with Gasteiger partial charge < -0.3 is 11.1 Å². The molecule has 1 aliphatic carbocycles. The van der Waals surface area contributed by atoms with E-state index in [1.165, 1.54) is 6.07 Å². The van der Waals surface area contributed by atoms with Crippen LogP contribution in [-0.4, -0.2) is 21.4 Å². The average molecular weight is 275 g/mol. The third-order valence-corrected chi connectivity index (χ3v) is 3.16. The minimum absolute atomic E-state index is 0.00101. The first kappa shape index (κ1) is 12.5. The minimum atomic E-state index is -0.356. The smallest absolute Gasteiger partial charge is 0.227 e. The zero-order valence-corrected chi connectivity index (χ0v) is 10.6. The molecule has 1 aromatic heterocycles. The molecule has 0 aromatic carbocycles. The van der Waals surface area contributed by atoms with Crippen LogP contribution in [0.5, 0.6) is 0 Å². The van der Waals surface area contributed by atoms with Crippen LogP contribution in [0.3, 0.4) is 0 Å². The Balaban J connectivity index is 1.98. The van der Waals surface area contributed by atoms with Gasteiger partial charge in [0, 0.05) is 18.0 Å². The summed E-state index contributed by atoms with van der Waals surface area (Å²) in [5.41, 5.74) is 5.62. The average Bonchev–Trinajstić information content (AvgIpc) is 2.12. The predicted molar refractivity (Wildman–Crippen MR) is 66.1 cm³/mol. The molecule has 1 fully saturated rings. The maximum atomic E-state index is 11.7. The van der Waals surface area contributed by atoms with Gasteiger partial charge in [-0.05, 0) is 30.9 Å². The van der Waals surface area contributed by atoms with Crippen molar-refractivity contribution in [2.45, 2.75) is 31.2 Å². The van der Waals surface area contributed by atoms with E-state index in [1.807, 2.05) is 0 Å². The largest absolute Gasteiger partial charge is 0.325 e. The zero-order valence-electron chi connectivity index (χ0n) is 9.04. The van der Waals surface area contributed by atoms with Gasteiger partial charge in [-0.15, -0.1) is 0 Å². The van der Waals surface area contributed by atoms with Gasteiger partial charge >= 0.3 is 0 Å². The highest BCUT2D eigenvalue weighted by Gasteiger charge is 2.34. The van der Waals surface area contributed by atoms with Gasteiger partial charge in [0.05, 0.1) is 0 Å². The second kappa shape index (κ2) is 4.76. The molecule has 1 heterocycles. The van der Waals surface area contributed by atoms with Gasteiger partial charge in [0.2, 0.25) is 11.2 Å². The van der Waals surface area contributed by atoms with Crippen molar-refractivity contribution < 1.29 is 4.79 Å². The molecule has 17 heavy (non-hydrogen) atoms. The van der Waals surface area contributed by atoms with Crippen LogP contribution in [0.4, 0.5) is 5.82 Å². The molecule has 2 rings (SSSR count). The molecule has 1 saturated carbocycles. The van der Waals surface area contributed by atoms with Crippen molar-refractivity contribution in [2.24, 2.45) is 5.73 Å². The number of carbonyl (C=O) groups is 1. The fraction of sp³-hybridized carbons (Fsp3) is 0.500. The summed E-state index contributed by atoms with van der Waals surface area (Å²) in [5, 5.41) is 2.79. The van der Waals surface area contributed by atoms with Gasteiger partial charge in [0.25, 0.3) is 0 Å². The molecule has 1 amide bonds. The molecule has 3 N–H and O–H groups in total. The summed E-state index contributed by atoms with van der Waals surface area (Å²) in [7, 11) is 0. The number of aromatic nitrogens is 2. The van der Waals surface area contributed by atoms with Crippen molar-refractivity contribution in [3.63, 3.8) is 0 Å². The maximum absolute atomic E-state index is 11.7. The molecule has 0 unspecified atom stereocenters. The fourth-order valence-corrected chi connectivity index (χ4v) is 2.18. The van der Waals surface area contributed by atoms with E-state index in [0.717, 1.165) is 19.3 Å². The van der Waals surface area contributed by atoms with Crippen LogP contribution in [-0.2, 0) is 4.79 Å². The third kappa shape index (κ3) is 3.28. The molecule has 0 spiro atoms. The highest BCUT2D eigenvalue weighted by atomic mass is 35.5. The number of anilines is 1. The standard InChI is InChI=1S/C10H12Cl2N4O/c11-6-4-7(16-9(12)14-6)15-8(17)5-10(13)2-1-3-10/h4H,1-3,5,13H2,(H,14,15,16,17). The van der Waals surface area contributed by atoms with E-state index in [1.54, 1.807) is 0 Å². The number of nitrogens with two attached hydrogens (primary N) is 1. The van der Waals surface area contributed by atoms with Crippen LogP contribution in [0.25, 0.3) is 0 Å². The summed E-state index contributed by atoms with van der Waals surface area (Å²) in [6, 6.07) is 1.44. The first-order chi connectivity index (χ1) is 7.97. The van der Waals surface area contributed by atoms with Crippen LogP contribution in [0, 0.1) is 0 Å². The molecule has 1 aromatic rings. The van der Waals surface area contributed by atoms with Crippen LogP contribution < -0.4 is 11.1 Å². The van der Waals surface area contributed by atoms with E-state index in [9.17, 15) is 4.79 Å². The van der Waals surface area contributed by atoms with Crippen LogP contribution in [0.1, 0.15) is 25.7 Å².